The Bertz CT molecular complexity index is 310. The molecule has 0 atom stereocenters. The molecule has 0 amide bonds. The second kappa shape index (κ2) is 3.12. The maximum atomic E-state index is 5.59. The number of nitrogen functional groups attached to an aromatic ring is 2. The van der Waals surface area contributed by atoms with Crippen LogP contribution in [0.1, 0.15) is 19.3 Å². The Morgan fingerprint density at radius 3 is 2.69 bits per heavy atom. The number of nitrogens with zero attached hydrogens (tertiary/aromatic N) is 1. The van der Waals surface area contributed by atoms with Gasteiger partial charge in [0.05, 0.1) is 18.0 Å². The summed E-state index contributed by atoms with van der Waals surface area (Å²) in [5.41, 5.74) is 11.5. The fourth-order valence-corrected chi connectivity index (χ4v) is 1.22. The predicted octanol–water partition coefficient (Wildman–Crippen LogP) is 1.18. The zero-order valence-corrected chi connectivity index (χ0v) is 7.36. The first kappa shape index (κ1) is 8.16. The van der Waals surface area contributed by atoms with Crippen molar-refractivity contribution < 1.29 is 4.74 Å². The summed E-state index contributed by atoms with van der Waals surface area (Å²) in [7, 11) is 0. The summed E-state index contributed by atoms with van der Waals surface area (Å²) in [6, 6.07) is 1.72. The van der Waals surface area contributed by atoms with Gasteiger partial charge in [-0.3, -0.25) is 0 Å². The molecule has 0 bridgehead atoms. The van der Waals surface area contributed by atoms with Crippen molar-refractivity contribution in [3.63, 3.8) is 0 Å². The molecule has 0 aliphatic heterocycles. The highest BCUT2D eigenvalue weighted by molar-refractivity contribution is 5.59. The van der Waals surface area contributed by atoms with Gasteiger partial charge >= 0.3 is 0 Å². The molecule has 4 N–H and O–H groups in total. The average Bonchev–Trinajstić information content (AvgIpc) is 2.04. The largest absolute Gasteiger partial charge is 0.489 e. The monoisotopic (exact) mass is 179 g/mol. The number of anilines is 2. The van der Waals surface area contributed by atoms with E-state index in [9.17, 15) is 0 Å². The van der Waals surface area contributed by atoms with Crippen LogP contribution in [-0.2, 0) is 0 Å². The Kier molecular flexibility index (Phi) is 1.96. The highest BCUT2D eigenvalue weighted by Gasteiger charge is 2.19. The first-order valence-electron chi connectivity index (χ1n) is 4.43. The number of hydrogen-bond donors (Lipinski definition) is 2. The van der Waals surface area contributed by atoms with Crippen LogP contribution in [0.2, 0.25) is 0 Å². The molecule has 1 heterocycles. The van der Waals surface area contributed by atoms with Gasteiger partial charge in [0.25, 0.3) is 0 Å². The van der Waals surface area contributed by atoms with Crippen molar-refractivity contribution in [3.05, 3.63) is 12.3 Å². The zero-order chi connectivity index (χ0) is 9.26. The Morgan fingerprint density at radius 2 is 2.15 bits per heavy atom. The van der Waals surface area contributed by atoms with Crippen molar-refractivity contribution in [1.82, 2.24) is 4.98 Å². The van der Waals surface area contributed by atoms with Gasteiger partial charge in [-0.15, -0.1) is 0 Å². The molecule has 4 nitrogen and oxygen atoms in total. The van der Waals surface area contributed by atoms with E-state index in [0.717, 1.165) is 18.6 Å². The Hall–Kier alpha value is -1.45. The summed E-state index contributed by atoms with van der Waals surface area (Å²) in [5.74, 6) is 1.08. The highest BCUT2D eigenvalue weighted by Crippen LogP contribution is 2.26. The van der Waals surface area contributed by atoms with Gasteiger partial charge in [-0.2, -0.15) is 0 Å². The van der Waals surface area contributed by atoms with Crippen molar-refractivity contribution in [3.8, 4) is 5.75 Å². The van der Waals surface area contributed by atoms with Crippen LogP contribution in [0.15, 0.2) is 12.3 Å². The molecular weight excluding hydrogens is 166 g/mol. The summed E-state index contributed by atoms with van der Waals surface area (Å²) in [5, 5.41) is 0. The number of hydrogen-bond acceptors (Lipinski definition) is 4. The van der Waals surface area contributed by atoms with Crippen LogP contribution < -0.4 is 16.2 Å². The standard InChI is InChI=1S/C9H13N3O/c10-8-4-7(5-12-9(8)11)13-6-2-1-3-6/h4-6H,1-3,10H2,(H2,11,12). The smallest absolute Gasteiger partial charge is 0.146 e. The number of ether oxygens (including phenoxy) is 1. The Labute approximate surface area is 76.9 Å². The quantitative estimate of drug-likeness (QED) is 0.714. The fraction of sp³-hybridized carbons (Fsp3) is 0.444. The first-order chi connectivity index (χ1) is 6.25. The Balaban J connectivity index is 2.07. The molecule has 70 valence electrons. The van der Waals surface area contributed by atoms with Gasteiger partial charge in [0.2, 0.25) is 0 Å². The third kappa shape index (κ3) is 1.66. The molecule has 1 saturated carbocycles. The molecule has 0 unspecified atom stereocenters. The van der Waals surface area contributed by atoms with E-state index < -0.39 is 0 Å². The van der Waals surface area contributed by atoms with Gasteiger partial charge in [0.15, 0.2) is 0 Å². The molecular formula is C9H13N3O. The van der Waals surface area contributed by atoms with Crippen molar-refractivity contribution in [2.45, 2.75) is 25.4 Å². The summed E-state index contributed by atoms with van der Waals surface area (Å²) in [6.45, 7) is 0. The zero-order valence-electron chi connectivity index (χ0n) is 7.36. The summed E-state index contributed by atoms with van der Waals surface area (Å²) < 4.78 is 5.59. The minimum absolute atomic E-state index is 0.352. The summed E-state index contributed by atoms with van der Waals surface area (Å²) in [4.78, 5) is 3.92. The number of nitrogens with two attached hydrogens (primary N) is 2. The summed E-state index contributed by atoms with van der Waals surface area (Å²) in [6.07, 6.45) is 5.48. The van der Waals surface area contributed by atoms with Gasteiger partial charge in [-0.25, -0.2) is 4.98 Å². The maximum Gasteiger partial charge on any atom is 0.146 e. The van der Waals surface area contributed by atoms with E-state index >= 15 is 0 Å². The number of rotatable bonds is 2. The normalized spacial score (nSPS) is 16.6. The highest BCUT2D eigenvalue weighted by atomic mass is 16.5. The van der Waals surface area contributed by atoms with Crippen molar-refractivity contribution in [2.24, 2.45) is 0 Å². The van der Waals surface area contributed by atoms with Crippen LogP contribution in [0.25, 0.3) is 0 Å². The van der Waals surface area contributed by atoms with Crippen LogP contribution in [0.3, 0.4) is 0 Å². The van der Waals surface area contributed by atoms with Gasteiger partial charge in [0, 0.05) is 6.07 Å². The SMILES string of the molecule is Nc1cc(OC2CCC2)cnc1N. The van der Waals surface area contributed by atoms with Crippen LogP contribution in [-0.4, -0.2) is 11.1 Å². The van der Waals surface area contributed by atoms with E-state index in [1.807, 2.05) is 0 Å². The third-order valence-corrected chi connectivity index (χ3v) is 2.28. The minimum atomic E-state index is 0.352. The van der Waals surface area contributed by atoms with E-state index in [4.69, 9.17) is 16.2 Å². The molecule has 1 aliphatic rings. The molecule has 0 spiro atoms. The second-order valence-electron chi connectivity index (χ2n) is 3.32. The molecule has 2 rings (SSSR count). The lowest BCUT2D eigenvalue weighted by molar-refractivity contribution is 0.120. The summed E-state index contributed by atoms with van der Waals surface area (Å²) >= 11 is 0. The molecule has 0 aromatic carbocycles. The molecule has 0 radical (unpaired) electrons. The van der Waals surface area contributed by atoms with Gasteiger partial charge in [-0.1, -0.05) is 0 Å². The van der Waals surface area contributed by atoms with Gasteiger partial charge < -0.3 is 16.2 Å². The second-order valence-corrected chi connectivity index (χ2v) is 3.32. The molecule has 1 aromatic rings. The lowest BCUT2D eigenvalue weighted by Crippen LogP contribution is -2.24. The molecule has 1 aliphatic carbocycles. The predicted molar refractivity (Wildman–Crippen MR) is 51.3 cm³/mol. The average molecular weight is 179 g/mol. The van der Waals surface area contributed by atoms with Crippen molar-refractivity contribution >= 4 is 11.5 Å². The number of aromatic nitrogens is 1. The van der Waals surface area contributed by atoms with E-state index in [1.54, 1.807) is 12.3 Å². The molecule has 13 heavy (non-hydrogen) atoms. The molecule has 1 aromatic heterocycles. The lowest BCUT2D eigenvalue weighted by Gasteiger charge is -2.26. The first-order valence-corrected chi connectivity index (χ1v) is 4.43. The van der Waals surface area contributed by atoms with Crippen LogP contribution >= 0.6 is 0 Å². The molecule has 0 saturated heterocycles. The minimum Gasteiger partial charge on any atom is -0.489 e. The Morgan fingerprint density at radius 1 is 1.38 bits per heavy atom. The van der Waals surface area contributed by atoms with Crippen molar-refractivity contribution in [1.29, 1.82) is 0 Å². The number of pyridine rings is 1. The van der Waals surface area contributed by atoms with Crippen LogP contribution in [0.4, 0.5) is 11.5 Å². The molecule has 4 heteroatoms. The van der Waals surface area contributed by atoms with E-state index in [2.05, 4.69) is 4.98 Å². The van der Waals surface area contributed by atoms with Crippen LogP contribution in [0.5, 0.6) is 5.75 Å². The topological polar surface area (TPSA) is 74.2 Å². The maximum absolute atomic E-state index is 5.59. The van der Waals surface area contributed by atoms with Crippen LogP contribution in [0, 0.1) is 0 Å². The van der Waals surface area contributed by atoms with Crippen molar-refractivity contribution in [2.75, 3.05) is 11.5 Å². The third-order valence-electron chi connectivity index (χ3n) is 2.28. The van der Waals surface area contributed by atoms with Gasteiger partial charge in [0.1, 0.15) is 11.6 Å². The van der Waals surface area contributed by atoms with E-state index in [1.165, 1.54) is 6.42 Å². The van der Waals surface area contributed by atoms with E-state index in [0.29, 0.717) is 17.6 Å². The van der Waals surface area contributed by atoms with Gasteiger partial charge in [-0.05, 0) is 19.3 Å². The van der Waals surface area contributed by atoms with E-state index in [-0.39, 0.29) is 0 Å². The fourth-order valence-electron chi connectivity index (χ4n) is 1.22. The lowest BCUT2D eigenvalue weighted by atomic mass is 9.96. The molecule has 1 fully saturated rings.